The number of amides is 1. The van der Waals surface area contributed by atoms with Crippen molar-refractivity contribution in [1.29, 1.82) is 0 Å². The fraction of sp³-hybridized carbons (Fsp3) is 0.320. The topological polar surface area (TPSA) is 76.8 Å². The van der Waals surface area contributed by atoms with E-state index in [1.165, 1.54) is 20.5 Å². The van der Waals surface area contributed by atoms with Gasteiger partial charge in [0.25, 0.3) is 5.56 Å². The molecule has 0 radical (unpaired) electrons. The highest BCUT2D eigenvalue weighted by molar-refractivity contribution is 7.17. The van der Waals surface area contributed by atoms with Crippen LogP contribution in [0.15, 0.2) is 62.8 Å². The lowest BCUT2D eigenvalue weighted by Crippen LogP contribution is -2.51. The van der Waals surface area contributed by atoms with Gasteiger partial charge in [-0.25, -0.2) is 4.79 Å². The van der Waals surface area contributed by atoms with Crippen LogP contribution >= 0.6 is 22.7 Å². The summed E-state index contributed by atoms with van der Waals surface area (Å²) in [7, 11) is 1.65. The minimum Gasteiger partial charge on any atom is -0.495 e. The predicted molar refractivity (Wildman–Crippen MR) is 140 cm³/mol. The van der Waals surface area contributed by atoms with Gasteiger partial charge >= 0.3 is 5.69 Å². The Labute approximate surface area is 210 Å². The smallest absolute Gasteiger partial charge is 0.332 e. The Kier molecular flexibility index (Phi) is 6.74. The fourth-order valence-electron chi connectivity index (χ4n) is 4.48. The average Bonchev–Trinajstić information content (AvgIpc) is 3.59. The summed E-state index contributed by atoms with van der Waals surface area (Å²) in [5.74, 6) is 0.686. The van der Waals surface area contributed by atoms with Crippen LogP contribution in [-0.4, -0.2) is 53.2 Å². The first-order valence-corrected chi connectivity index (χ1v) is 13.2. The molecule has 0 aliphatic carbocycles. The molecule has 4 aromatic rings. The van der Waals surface area contributed by atoms with E-state index in [1.54, 1.807) is 34.8 Å². The summed E-state index contributed by atoms with van der Waals surface area (Å²) >= 11 is 2.90. The number of para-hydroxylation sites is 2. The highest BCUT2D eigenvalue weighted by Gasteiger charge is 2.24. The second-order valence-corrected chi connectivity index (χ2v) is 10.3. The molecule has 5 rings (SSSR count). The number of ether oxygens (including phenoxy) is 1. The third-order valence-corrected chi connectivity index (χ3v) is 8.18. The van der Waals surface area contributed by atoms with Gasteiger partial charge in [0, 0.05) is 37.6 Å². The number of thiophene rings is 2. The SMILES string of the molecule is COc1ccccc1N1CCN(C(=O)Cn2c(=O)n(CCc3cccs3)c(=O)c3sccc32)CC1. The Morgan fingerprint density at radius 1 is 0.943 bits per heavy atom. The number of methoxy groups -OCH3 is 1. The highest BCUT2D eigenvalue weighted by atomic mass is 32.1. The van der Waals surface area contributed by atoms with E-state index in [2.05, 4.69) is 4.90 Å². The molecule has 1 aromatic carbocycles. The van der Waals surface area contributed by atoms with Crippen LogP contribution in [0.1, 0.15) is 4.88 Å². The van der Waals surface area contributed by atoms with Gasteiger partial charge in [0.15, 0.2) is 0 Å². The molecule has 182 valence electrons. The minimum atomic E-state index is -0.432. The van der Waals surface area contributed by atoms with Crippen LogP contribution < -0.4 is 20.9 Å². The molecule has 0 unspecified atom stereocenters. The molecule has 4 heterocycles. The summed E-state index contributed by atoms with van der Waals surface area (Å²) in [6, 6.07) is 13.6. The number of fused-ring (bicyclic) bond motifs is 1. The molecule has 1 amide bonds. The lowest BCUT2D eigenvalue weighted by molar-refractivity contribution is -0.132. The third-order valence-electron chi connectivity index (χ3n) is 6.35. The molecule has 0 N–H and O–H groups in total. The summed E-state index contributed by atoms with van der Waals surface area (Å²) in [5, 5.41) is 3.77. The molecule has 1 fully saturated rings. The van der Waals surface area contributed by atoms with Crippen molar-refractivity contribution in [2.24, 2.45) is 0 Å². The molecular formula is C25H26N4O4S2. The van der Waals surface area contributed by atoms with Crippen LogP contribution in [0.4, 0.5) is 5.69 Å². The monoisotopic (exact) mass is 510 g/mol. The first-order valence-electron chi connectivity index (χ1n) is 11.5. The number of rotatable bonds is 7. The Morgan fingerprint density at radius 2 is 1.74 bits per heavy atom. The van der Waals surface area contributed by atoms with Gasteiger partial charge in [0.1, 0.15) is 17.0 Å². The summed E-state index contributed by atoms with van der Waals surface area (Å²) in [6.45, 7) is 2.66. The lowest BCUT2D eigenvalue weighted by atomic mass is 10.2. The van der Waals surface area contributed by atoms with Crippen LogP contribution in [0.3, 0.4) is 0 Å². The van der Waals surface area contributed by atoms with Gasteiger partial charge in [-0.2, -0.15) is 0 Å². The molecule has 35 heavy (non-hydrogen) atoms. The molecule has 0 spiro atoms. The lowest BCUT2D eigenvalue weighted by Gasteiger charge is -2.36. The normalized spacial score (nSPS) is 14.0. The van der Waals surface area contributed by atoms with Crippen molar-refractivity contribution in [2.45, 2.75) is 19.5 Å². The number of nitrogens with zero attached hydrogens (tertiary/aromatic N) is 4. The number of benzene rings is 1. The van der Waals surface area contributed by atoms with Crippen molar-refractivity contribution in [3.05, 3.63) is 78.9 Å². The van der Waals surface area contributed by atoms with Crippen molar-refractivity contribution in [2.75, 3.05) is 38.2 Å². The van der Waals surface area contributed by atoms with Crippen LogP contribution in [0, 0.1) is 0 Å². The minimum absolute atomic E-state index is 0.0833. The van der Waals surface area contributed by atoms with Gasteiger partial charge in [-0.3, -0.25) is 18.7 Å². The van der Waals surface area contributed by atoms with Crippen LogP contribution in [0.5, 0.6) is 5.75 Å². The van der Waals surface area contributed by atoms with Crippen LogP contribution in [-0.2, 0) is 24.3 Å². The zero-order valence-corrected chi connectivity index (χ0v) is 21.0. The number of hydrogen-bond acceptors (Lipinski definition) is 7. The maximum absolute atomic E-state index is 13.3. The molecule has 8 nitrogen and oxygen atoms in total. The van der Waals surface area contributed by atoms with E-state index in [0.717, 1.165) is 16.3 Å². The number of piperazine rings is 1. The molecule has 1 aliphatic rings. The largest absolute Gasteiger partial charge is 0.495 e. The average molecular weight is 511 g/mol. The number of carbonyl (C=O) groups excluding carboxylic acids is 1. The second kappa shape index (κ2) is 10.1. The van der Waals surface area contributed by atoms with Gasteiger partial charge in [-0.15, -0.1) is 22.7 Å². The molecule has 0 bridgehead atoms. The van der Waals surface area contributed by atoms with E-state index in [0.29, 0.717) is 42.8 Å². The Morgan fingerprint density at radius 3 is 2.49 bits per heavy atom. The third kappa shape index (κ3) is 4.63. The molecule has 1 aliphatic heterocycles. The van der Waals surface area contributed by atoms with Crippen LogP contribution in [0.25, 0.3) is 10.2 Å². The van der Waals surface area contributed by atoms with E-state index in [1.807, 2.05) is 41.8 Å². The molecule has 3 aromatic heterocycles. The van der Waals surface area contributed by atoms with Crippen molar-refractivity contribution < 1.29 is 9.53 Å². The van der Waals surface area contributed by atoms with E-state index in [-0.39, 0.29) is 24.6 Å². The molecule has 1 saturated heterocycles. The number of aromatic nitrogens is 2. The fourth-order valence-corrected chi connectivity index (χ4v) is 6.02. The van der Waals surface area contributed by atoms with E-state index >= 15 is 0 Å². The van der Waals surface area contributed by atoms with Crippen molar-refractivity contribution in [1.82, 2.24) is 14.0 Å². The molecule has 10 heteroatoms. The summed E-state index contributed by atoms with van der Waals surface area (Å²) in [5.41, 5.74) is 0.818. The Balaban J connectivity index is 1.34. The first kappa shape index (κ1) is 23.4. The van der Waals surface area contributed by atoms with Crippen LogP contribution in [0.2, 0.25) is 0 Å². The number of hydrogen-bond donors (Lipinski definition) is 0. The van der Waals surface area contributed by atoms with Crippen molar-refractivity contribution >= 4 is 44.5 Å². The highest BCUT2D eigenvalue weighted by Crippen LogP contribution is 2.28. The van der Waals surface area contributed by atoms with E-state index in [9.17, 15) is 14.4 Å². The van der Waals surface area contributed by atoms with Crippen molar-refractivity contribution in [3.63, 3.8) is 0 Å². The van der Waals surface area contributed by atoms with Gasteiger partial charge in [-0.1, -0.05) is 18.2 Å². The van der Waals surface area contributed by atoms with Gasteiger partial charge in [0.05, 0.1) is 18.3 Å². The second-order valence-electron chi connectivity index (χ2n) is 8.33. The molecule has 0 saturated carbocycles. The molecular weight excluding hydrogens is 484 g/mol. The maximum atomic E-state index is 13.3. The summed E-state index contributed by atoms with van der Waals surface area (Å²) in [4.78, 5) is 44.7. The number of anilines is 1. The number of carbonyl (C=O) groups is 1. The van der Waals surface area contributed by atoms with E-state index < -0.39 is 5.69 Å². The Hall–Kier alpha value is -3.37. The van der Waals surface area contributed by atoms with Gasteiger partial charge in [-0.05, 0) is 41.4 Å². The van der Waals surface area contributed by atoms with Crippen molar-refractivity contribution in [3.8, 4) is 5.75 Å². The zero-order valence-electron chi connectivity index (χ0n) is 19.4. The summed E-state index contributed by atoms with van der Waals surface area (Å²) in [6.07, 6.45) is 0.600. The predicted octanol–water partition coefficient (Wildman–Crippen LogP) is 2.89. The molecule has 0 atom stereocenters. The Bertz CT molecular complexity index is 1450. The zero-order chi connectivity index (χ0) is 24.4. The standard InChI is InChI=1S/C25H26N4O4S2/c1-33-21-7-3-2-6-19(21)26-11-13-27(14-12-26)22(30)17-29-20-9-16-35-23(20)24(31)28(25(29)32)10-8-18-5-4-15-34-18/h2-7,9,15-16H,8,10-14,17H2,1H3. The quantitative estimate of drug-likeness (QED) is 0.382. The van der Waals surface area contributed by atoms with Gasteiger partial charge < -0.3 is 14.5 Å². The summed E-state index contributed by atoms with van der Waals surface area (Å²) < 4.78 is 8.70. The maximum Gasteiger partial charge on any atom is 0.332 e. The van der Waals surface area contributed by atoms with E-state index in [4.69, 9.17) is 4.74 Å². The number of aryl methyl sites for hydroxylation is 1. The van der Waals surface area contributed by atoms with Gasteiger partial charge in [0.2, 0.25) is 5.91 Å². The first-order chi connectivity index (χ1) is 17.1.